The first-order valence-electron chi connectivity index (χ1n) is 3.62. The average Bonchev–Trinajstić information content (AvgIpc) is 2.06. The average molecular weight is 153 g/mol. The first-order valence-corrected chi connectivity index (χ1v) is 3.62. The normalized spacial score (nSPS) is 30.7. The molecule has 1 rings (SSSR count). The lowest BCUT2D eigenvalue weighted by Gasteiger charge is -2.29. The molecule has 1 heterocycles. The Balaban J connectivity index is 2.80. The number of carbonyl (C=O) groups excluding carboxylic acids is 1. The molecule has 0 radical (unpaired) electrons. The van der Waals surface area contributed by atoms with Crippen molar-refractivity contribution in [2.45, 2.75) is 12.8 Å². The van der Waals surface area contributed by atoms with Crippen LogP contribution in [-0.2, 0) is 4.79 Å². The first kappa shape index (κ1) is 8.09. The number of amides is 1. The smallest absolute Gasteiger partial charge is 0.240 e. The first-order chi connectivity index (χ1) is 5.25. The van der Waals surface area contributed by atoms with E-state index in [0.29, 0.717) is 13.0 Å². The molecule has 11 heavy (non-hydrogen) atoms. The molecule has 1 atom stereocenters. The highest BCUT2D eigenvalue weighted by Crippen LogP contribution is 2.25. The van der Waals surface area contributed by atoms with Crippen LogP contribution >= 0.6 is 0 Å². The second kappa shape index (κ2) is 2.93. The predicted molar refractivity (Wildman–Crippen MR) is 40.6 cm³/mol. The largest absolute Gasteiger partial charge is 0.394 e. The van der Waals surface area contributed by atoms with Gasteiger partial charge in [-0.05, 0) is 12.8 Å². The van der Waals surface area contributed by atoms with E-state index in [4.69, 9.17) is 11.5 Å². The van der Waals surface area contributed by atoms with E-state index in [2.05, 4.69) is 11.2 Å². The minimum Gasteiger partial charge on any atom is -0.394 e. The number of aliphatic hydroxyl groups is 1. The maximum absolute atomic E-state index is 11.2. The predicted octanol–water partition coefficient (Wildman–Crippen LogP) is -0.492. The summed E-state index contributed by atoms with van der Waals surface area (Å²) >= 11 is 0. The van der Waals surface area contributed by atoms with Gasteiger partial charge in [0.1, 0.15) is 5.41 Å². The number of aliphatic hydroxyl groups excluding tert-OH is 1. The lowest BCUT2D eigenvalue weighted by atomic mass is 9.81. The molecule has 2 N–H and O–H groups in total. The molecule has 0 aromatic rings. The standard InChI is InChI=1S/C8H11NO2/c1-2-8(6-10)4-3-5-9-7(8)11/h1,10H,3-6H2,(H,9,11). The highest BCUT2D eigenvalue weighted by atomic mass is 16.3. The summed E-state index contributed by atoms with van der Waals surface area (Å²) < 4.78 is 0. The van der Waals surface area contributed by atoms with Gasteiger partial charge in [0.05, 0.1) is 6.61 Å². The minimum absolute atomic E-state index is 0.214. The Morgan fingerprint density at radius 2 is 2.55 bits per heavy atom. The molecule has 1 amide bonds. The van der Waals surface area contributed by atoms with Gasteiger partial charge >= 0.3 is 0 Å². The molecule has 0 spiro atoms. The van der Waals surface area contributed by atoms with Crippen molar-refractivity contribution in [3.8, 4) is 12.3 Å². The molecule has 0 aromatic heterocycles. The second-order valence-corrected chi connectivity index (χ2v) is 2.74. The molecule has 1 unspecified atom stereocenters. The van der Waals surface area contributed by atoms with Gasteiger partial charge in [-0.1, -0.05) is 5.92 Å². The van der Waals surface area contributed by atoms with Gasteiger partial charge in [0, 0.05) is 6.54 Å². The monoisotopic (exact) mass is 153 g/mol. The van der Waals surface area contributed by atoms with Crippen LogP contribution in [0.2, 0.25) is 0 Å². The van der Waals surface area contributed by atoms with E-state index >= 15 is 0 Å². The topological polar surface area (TPSA) is 49.3 Å². The quantitative estimate of drug-likeness (QED) is 0.499. The molecule has 1 saturated heterocycles. The van der Waals surface area contributed by atoms with Crippen molar-refractivity contribution in [1.29, 1.82) is 0 Å². The van der Waals surface area contributed by atoms with Crippen molar-refractivity contribution in [1.82, 2.24) is 5.32 Å². The third-order valence-electron chi connectivity index (χ3n) is 2.05. The van der Waals surface area contributed by atoms with Crippen LogP contribution in [-0.4, -0.2) is 24.2 Å². The highest BCUT2D eigenvalue weighted by Gasteiger charge is 2.37. The molecule has 0 saturated carbocycles. The zero-order valence-corrected chi connectivity index (χ0v) is 6.26. The molecule has 1 aliphatic rings. The summed E-state index contributed by atoms with van der Waals surface area (Å²) in [6, 6.07) is 0. The molecular weight excluding hydrogens is 142 g/mol. The maximum Gasteiger partial charge on any atom is 0.240 e. The molecule has 0 aliphatic carbocycles. The van der Waals surface area contributed by atoms with Gasteiger partial charge in [0.2, 0.25) is 5.91 Å². The number of hydrogen-bond acceptors (Lipinski definition) is 2. The third-order valence-corrected chi connectivity index (χ3v) is 2.05. The van der Waals surface area contributed by atoms with Crippen molar-refractivity contribution in [2.75, 3.05) is 13.2 Å². The molecular formula is C8H11NO2. The van der Waals surface area contributed by atoms with E-state index < -0.39 is 5.41 Å². The van der Waals surface area contributed by atoms with Crippen LogP contribution in [0.4, 0.5) is 0 Å². The molecule has 60 valence electrons. The van der Waals surface area contributed by atoms with Gasteiger partial charge < -0.3 is 10.4 Å². The van der Waals surface area contributed by atoms with Gasteiger partial charge in [0.25, 0.3) is 0 Å². The molecule has 0 bridgehead atoms. The Morgan fingerprint density at radius 3 is 2.91 bits per heavy atom. The number of rotatable bonds is 1. The molecule has 3 heteroatoms. The number of hydrogen-bond donors (Lipinski definition) is 2. The third kappa shape index (κ3) is 1.22. The van der Waals surface area contributed by atoms with Crippen LogP contribution < -0.4 is 5.32 Å². The van der Waals surface area contributed by atoms with E-state index in [1.54, 1.807) is 0 Å². The zero-order valence-electron chi connectivity index (χ0n) is 6.26. The van der Waals surface area contributed by atoms with E-state index in [9.17, 15) is 4.79 Å². The van der Waals surface area contributed by atoms with E-state index in [1.165, 1.54) is 0 Å². The number of carbonyl (C=O) groups is 1. The Kier molecular flexibility index (Phi) is 2.16. The number of nitrogens with one attached hydrogen (secondary N) is 1. The van der Waals surface area contributed by atoms with Crippen molar-refractivity contribution in [3.63, 3.8) is 0 Å². The van der Waals surface area contributed by atoms with Crippen molar-refractivity contribution in [2.24, 2.45) is 5.41 Å². The lowest BCUT2D eigenvalue weighted by molar-refractivity contribution is -0.132. The highest BCUT2D eigenvalue weighted by molar-refractivity contribution is 5.86. The fourth-order valence-electron chi connectivity index (χ4n) is 1.21. The van der Waals surface area contributed by atoms with Crippen LogP contribution in [0.15, 0.2) is 0 Å². The van der Waals surface area contributed by atoms with Crippen LogP contribution in [0.3, 0.4) is 0 Å². The van der Waals surface area contributed by atoms with Gasteiger partial charge in [-0.2, -0.15) is 0 Å². The maximum atomic E-state index is 11.2. The summed E-state index contributed by atoms with van der Waals surface area (Å²) in [5.41, 5.74) is -0.946. The molecule has 1 aliphatic heterocycles. The molecule has 1 fully saturated rings. The lowest BCUT2D eigenvalue weighted by Crippen LogP contribution is -2.47. The van der Waals surface area contributed by atoms with Crippen molar-refractivity contribution in [3.05, 3.63) is 0 Å². The van der Waals surface area contributed by atoms with Crippen LogP contribution in [0.25, 0.3) is 0 Å². The van der Waals surface area contributed by atoms with Crippen LogP contribution in [0, 0.1) is 17.8 Å². The summed E-state index contributed by atoms with van der Waals surface area (Å²) in [5.74, 6) is 2.14. The summed E-state index contributed by atoms with van der Waals surface area (Å²) in [4.78, 5) is 11.2. The van der Waals surface area contributed by atoms with E-state index in [1.807, 2.05) is 0 Å². The van der Waals surface area contributed by atoms with E-state index in [-0.39, 0.29) is 12.5 Å². The van der Waals surface area contributed by atoms with Gasteiger partial charge in [-0.25, -0.2) is 0 Å². The molecule has 3 nitrogen and oxygen atoms in total. The second-order valence-electron chi connectivity index (χ2n) is 2.74. The van der Waals surface area contributed by atoms with Crippen LogP contribution in [0.5, 0.6) is 0 Å². The van der Waals surface area contributed by atoms with Crippen LogP contribution in [0.1, 0.15) is 12.8 Å². The summed E-state index contributed by atoms with van der Waals surface area (Å²) in [6.07, 6.45) is 6.60. The summed E-state index contributed by atoms with van der Waals surface area (Å²) in [5, 5.41) is 11.5. The molecule has 0 aromatic carbocycles. The Bertz CT molecular complexity index is 207. The zero-order chi connectivity index (χ0) is 8.32. The van der Waals surface area contributed by atoms with Gasteiger partial charge in [0.15, 0.2) is 0 Å². The Morgan fingerprint density at radius 1 is 1.82 bits per heavy atom. The fourth-order valence-corrected chi connectivity index (χ4v) is 1.21. The number of piperidine rings is 1. The van der Waals surface area contributed by atoms with Gasteiger partial charge in [-0.3, -0.25) is 4.79 Å². The minimum atomic E-state index is -0.946. The van der Waals surface area contributed by atoms with E-state index in [0.717, 1.165) is 6.42 Å². The summed E-state index contributed by atoms with van der Waals surface area (Å²) in [6.45, 7) is 0.414. The summed E-state index contributed by atoms with van der Waals surface area (Å²) in [7, 11) is 0. The Labute approximate surface area is 65.8 Å². The van der Waals surface area contributed by atoms with Crippen molar-refractivity contribution < 1.29 is 9.90 Å². The Hall–Kier alpha value is -1.01. The SMILES string of the molecule is C#CC1(CO)CCCNC1=O. The number of terminal acetylenes is 1. The fraction of sp³-hybridized carbons (Fsp3) is 0.625. The van der Waals surface area contributed by atoms with Gasteiger partial charge in [-0.15, -0.1) is 6.42 Å². The van der Waals surface area contributed by atoms with Crippen molar-refractivity contribution >= 4 is 5.91 Å².